The zero-order valence-corrected chi connectivity index (χ0v) is 18.5. The van der Waals surface area contributed by atoms with Crippen molar-refractivity contribution in [2.75, 3.05) is 19.8 Å². The van der Waals surface area contributed by atoms with Gasteiger partial charge in [-0.25, -0.2) is 0 Å². The number of carbonyl (C=O) groups excluding carboxylic acids is 4. The lowest BCUT2D eigenvalue weighted by Gasteiger charge is -2.44. The highest BCUT2D eigenvalue weighted by Gasteiger charge is 2.51. The second-order valence-electron chi connectivity index (χ2n) is 7.23. The largest absolute Gasteiger partial charge is 0.463 e. The number of ether oxygens (including phenoxy) is 5. The van der Waals surface area contributed by atoms with Gasteiger partial charge in [-0.1, -0.05) is 12.8 Å². The van der Waals surface area contributed by atoms with Gasteiger partial charge in [0.15, 0.2) is 18.5 Å². The predicted octanol–water partition coefficient (Wildman–Crippen LogP) is 0.212. The van der Waals surface area contributed by atoms with Crippen molar-refractivity contribution in [1.82, 2.24) is 5.32 Å². The van der Waals surface area contributed by atoms with Crippen molar-refractivity contribution in [3.63, 3.8) is 0 Å². The molecule has 1 aliphatic heterocycles. The number of hydrogen-bond acceptors (Lipinski definition) is 10. The van der Waals surface area contributed by atoms with Gasteiger partial charge in [-0.3, -0.25) is 19.2 Å². The van der Waals surface area contributed by atoms with Crippen LogP contribution in [0.4, 0.5) is 0 Å². The summed E-state index contributed by atoms with van der Waals surface area (Å²) in [5.41, 5.74) is 0. The van der Waals surface area contributed by atoms with Crippen molar-refractivity contribution in [1.29, 1.82) is 0 Å². The quantitative estimate of drug-likeness (QED) is 0.242. The van der Waals surface area contributed by atoms with Crippen molar-refractivity contribution in [2.45, 2.75) is 84.0 Å². The van der Waals surface area contributed by atoms with Crippen molar-refractivity contribution in [3.8, 4) is 0 Å². The van der Waals surface area contributed by atoms with Crippen LogP contribution in [-0.4, -0.2) is 79.4 Å². The third-order valence-electron chi connectivity index (χ3n) is 4.41. The molecule has 1 fully saturated rings. The Morgan fingerprint density at radius 1 is 0.871 bits per heavy atom. The van der Waals surface area contributed by atoms with Gasteiger partial charge in [0.05, 0.1) is 0 Å². The Labute approximate surface area is 181 Å². The summed E-state index contributed by atoms with van der Waals surface area (Å²) in [7, 11) is 0. The van der Waals surface area contributed by atoms with Gasteiger partial charge in [-0.15, -0.1) is 0 Å². The van der Waals surface area contributed by atoms with E-state index in [1.807, 2.05) is 0 Å². The number of hydrogen-bond donors (Lipinski definition) is 2. The van der Waals surface area contributed by atoms with Gasteiger partial charge in [0.2, 0.25) is 5.91 Å². The zero-order chi connectivity index (χ0) is 23.4. The normalized spacial score (nSPS) is 25.4. The van der Waals surface area contributed by atoms with E-state index in [1.165, 1.54) is 27.7 Å². The SMILES string of the molecule is CC(=O)N[C@H]1[C@H](OCCCCCCO)O[C@H](COC(C)=O)[C@H](OC(C)=O)[C@@H]1OC(C)=O. The van der Waals surface area contributed by atoms with E-state index >= 15 is 0 Å². The van der Waals surface area contributed by atoms with Gasteiger partial charge in [0.25, 0.3) is 0 Å². The standard InChI is InChI=1S/C20H33NO10/c1-12(23)21-17-19(30-15(4)26)18(29-14(3)25)16(11-28-13(2)24)31-20(17)27-10-8-6-5-7-9-22/h16-20,22H,5-11H2,1-4H3,(H,21,23)/t16-,17-,18+,19-,20-/m1/s1. The van der Waals surface area contributed by atoms with E-state index < -0.39 is 54.5 Å². The molecule has 0 radical (unpaired) electrons. The van der Waals surface area contributed by atoms with Crippen LogP contribution in [0.5, 0.6) is 0 Å². The number of amides is 1. The Balaban J connectivity index is 3.07. The summed E-state index contributed by atoms with van der Waals surface area (Å²) >= 11 is 0. The average Bonchev–Trinajstić information content (AvgIpc) is 2.66. The second kappa shape index (κ2) is 13.9. The van der Waals surface area contributed by atoms with Gasteiger partial charge in [0, 0.05) is 40.9 Å². The van der Waals surface area contributed by atoms with E-state index in [2.05, 4.69) is 5.32 Å². The fourth-order valence-electron chi connectivity index (χ4n) is 3.20. The Morgan fingerprint density at radius 3 is 2.03 bits per heavy atom. The van der Waals surface area contributed by atoms with Gasteiger partial charge in [0.1, 0.15) is 18.8 Å². The molecule has 0 aromatic heterocycles. The highest BCUT2D eigenvalue weighted by molar-refractivity contribution is 5.73. The van der Waals surface area contributed by atoms with Crippen molar-refractivity contribution in [2.24, 2.45) is 0 Å². The lowest BCUT2D eigenvalue weighted by atomic mass is 9.96. The van der Waals surface area contributed by atoms with E-state index in [0.717, 1.165) is 12.8 Å². The predicted molar refractivity (Wildman–Crippen MR) is 106 cm³/mol. The average molecular weight is 447 g/mol. The Bertz CT molecular complexity index is 611. The fraction of sp³-hybridized carbons (Fsp3) is 0.800. The van der Waals surface area contributed by atoms with Crippen LogP contribution < -0.4 is 5.32 Å². The first-order valence-electron chi connectivity index (χ1n) is 10.3. The van der Waals surface area contributed by atoms with E-state index in [-0.39, 0.29) is 19.8 Å². The minimum Gasteiger partial charge on any atom is -0.463 e. The Morgan fingerprint density at radius 2 is 1.48 bits per heavy atom. The van der Waals surface area contributed by atoms with Crippen LogP contribution in [0.3, 0.4) is 0 Å². The van der Waals surface area contributed by atoms with E-state index in [0.29, 0.717) is 12.8 Å². The van der Waals surface area contributed by atoms with Crippen molar-refractivity contribution < 1.29 is 48.0 Å². The molecule has 0 unspecified atom stereocenters. The maximum Gasteiger partial charge on any atom is 0.303 e. The third kappa shape index (κ3) is 10.1. The molecule has 2 N–H and O–H groups in total. The molecule has 0 bridgehead atoms. The molecule has 1 saturated heterocycles. The van der Waals surface area contributed by atoms with Crippen LogP contribution in [0.15, 0.2) is 0 Å². The van der Waals surface area contributed by atoms with Gasteiger partial charge in [-0.05, 0) is 12.8 Å². The molecular weight excluding hydrogens is 414 g/mol. The first kappa shape index (κ1) is 26.8. The monoisotopic (exact) mass is 447 g/mol. The first-order chi connectivity index (χ1) is 14.6. The Hall–Kier alpha value is -2.24. The minimum atomic E-state index is -1.14. The molecule has 0 aromatic carbocycles. The second-order valence-corrected chi connectivity index (χ2v) is 7.23. The molecule has 31 heavy (non-hydrogen) atoms. The van der Waals surface area contributed by atoms with E-state index in [9.17, 15) is 19.2 Å². The molecule has 0 spiro atoms. The maximum absolute atomic E-state index is 11.8. The molecular formula is C20H33NO10. The molecule has 0 saturated carbocycles. The van der Waals surface area contributed by atoms with Crippen LogP contribution in [0.25, 0.3) is 0 Å². The van der Waals surface area contributed by atoms with E-state index in [4.69, 9.17) is 28.8 Å². The molecule has 11 heteroatoms. The fourth-order valence-corrected chi connectivity index (χ4v) is 3.20. The number of aliphatic hydroxyl groups is 1. The van der Waals surface area contributed by atoms with Crippen LogP contribution in [0.1, 0.15) is 53.4 Å². The zero-order valence-electron chi connectivity index (χ0n) is 18.5. The highest BCUT2D eigenvalue weighted by atomic mass is 16.7. The molecule has 0 aliphatic carbocycles. The summed E-state index contributed by atoms with van der Waals surface area (Å²) in [5.74, 6) is -2.32. The van der Waals surface area contributed by atoms with Crippen molar-refractivity contribution in [3.05, 3.63) is 0 Å². The van der Waals surface area contributed by atoms with E-state index in [1.54, 1.807) is 0 Å². The third-order valence-corrected chi connectivity index (χ3v) is 4.41. The number of aliphatic hydroxyl groups excluding tert-OH is 1. The molecule has 5 atom stereocenters. The van der Waals surface area contributed by atoms with Gasteiger partial charge in [-0.2, -0.15) is 0 Å². The van der Waals surface area contributed by atoms with Crippen molar-refractivity contribution >= 4 is 23.8 Å². The summed E-state index contributed by atoms with van der Waals surface area (Å²) in [6, 6.07) is -0.961. The number of rotatable bonds is 12. The van der Waals surface area contributed by atoms with Crippen LogP contribution in [0.2, 0.25) is 0 Å². The molecule has 1 amide bonds. The lowest BCUT2D eigenvalue weighted by molar-refractivity contribution is -0.277. The van der Waals surface area contributed by atoms with Crippen LogP contribution in [-0.2, 0) is 42.9 Å². The van der Waals surface area contributed by atoms with Crippen LogP contribution >= 0.6 is 0 Å². The topological polar surface area (TPSA) is 147 Å². The maximum atomic E-state index is 11.8. The summed E-state index contributed by atoms with van der Waals surface area (Å²) < 4.78 is 27.4. The molecule has 0 aromatic rings. The number of unbranched alkanes of at least 4 members (excludes halogenated alkanes) is 3. The number of carbonyl (C=O) groups is 4. The van der Waals surface area contributed by atoms with Gasteiger partial charge < -0.3 is 34.1 Å². The summed E-state index contributed by atoms with van der Waals surface area (Å²) in [6.07, 6.45) is -1.27. The molecule has 1 aliphatic rings. The number of nitrogens with one attached hydrogen (secondary N) is 1. The van der Waals surface area contributed by atoms with Crippen LogP contribution in [0, 0.1) is 0 Å². The molecule has 1 heterocycles. The summed E-state index contributed by atoms with van der Waals surface area (Å²) in [6.45, 7) is 4.98. The number of esters is 3. The minimum absolute atomic E-state index is 0.122. The summed E-state index contributed by atoms with van der Waals surface area (Å²) in [4.78, 5) is 46.5. The Kier molecular flexibility index (Phi) is 12.1. The molecule has 11 nitrogen and oxygen atoms in total. The summed E-state index contributed by atoms with van der Waals surface area (Å²) in [5, 5.41) is 11.5. The van der Waals surface area contributed by atoms with Gasteiger partial charge >= 0.3 is 17.9 Å². The molecule has 1 rings (SSSR count). The first-order valence-corrected chi connectivity index (χ1v) is 10.3. The molecule has 178 valence electrons. The highest BCUT2D eigenvalue weighted by Crippen LogP contribution is 2.28. The lowest BCUT2D eigenvalue weighted by Crippen LogP contribution is -2.66. The smallest absolute Gasteiger partial charge is 0.303 e.